The number of ether oxygens (including phenoxy) is 2. The molecule has 0 aromatic carbocycles. The predicted octanol–water partition coefficient (Wildman–Crippen LogP) is 2.91. The van der Waals surface area contributed by atoms with Gasteiger partial charge in [0.25, 0.3) is 0 Å². The van der Waals surface area contributed by atoms with Crippen LogP contribution in [0.2, 0.25) is 0 Å². The Bertz CT molecular complexity index is 571. The van der Waals surface area contributed by atoms with Crippen LogP contribution in [0.4, 0.5) is 10.5 Å². The van der Waals surface area contributed by atoms with Gasteiger partial charge in [-0.2, -0.15) is 0 Å². The lowest BCUT2D eigenvalue weighted by molar-refractivity contribution is 0.0594. The van der Waals surface area contributed by atoms with E-state index in [1.807, 2.05) is 20.8 Å². The van der Waals surface area contributed by atoms with Crippen molar-refractivity contribution in [2.45, 2.75) is 52.6 Å². The van der Waals surface area contributed by atoms with Crippen LogP contribution >= 0.6 is 0 Å². The number of carbonyl (C=O) groups excluding carboxylic acids is 2. The summed E-state index contributed by atoms with van der Waals surface area (Å²) >= 11 is 0. The predicted molar refractivity (Wildman–Crippen MR) is 81.9 cm³/mol. The molecular weight excluding hydrogens is 286 g/mol. The molecule has 7 heteroatoms. The molecule has 1 aromatic heterocycles. The quantitative estimate of drug-likeness (QED) is 0.845. The fourth-order valence-corrected chi connectivity index (χ4v) is 1.50. The maximum atomic E-state index is 11.9. The highest BCUT2D eigenvalue weighted by molar-refractivity contribution is 5.97. The third-order valence-corrected chi connectivity index (χ3v) is 2.47. The summed E-state index contributed by atoms with van der Waals surface area (Å²) in [5.41, 5.74) is -0.850. The number of hydrogen-bond donors (Lipinski definition) is 1. The molecule has 22 heavy (non-hydrogen) atoms. The summed E-state index contributed by atoms with van der Waals surface area (Å²) in [7, 11) is 1.25. The largest absolute Gasteiger partial charge is 0.464 e. The summed E-state index contributed by atoms with van der Waals surface area (Å²) in [6.07, 6.45) is 0.689. The second-order valence-corrected chi connectivity index (χ2v) is 6.82. The number of nitrogens with zero attached hydrogens (tertiary/aromatic N) is 2. The van der Waals surface area contributed by atoms with Gasteiger partial charge in [-0.15, -0.1) is 0 Å². The molecule has 0 aliphatic carbocycles. The van der Waals surface area contributed by atoms with Gasteiger partial charge in [-0.1, -0.05) is 20.8 Å². The van der Waals surface area contributed by atoms with E-state index < -0.39 is 17.7 Å². The molecule has 7 nitrogen and oxygen atoms in total. The average molecular weight is 309 g/mol. The maximum absolute atomic E-state index is 11.9. The molecule has 122 valence electrons. The van der Waals surface area contributed by atoms with E-state index >= 15 is 0 Å². The van der Waals surface area contributed by atoms with Crippen molar-refractivity contribution >= 4 is 17.7 Å². The van der Waals surface area contributed by atoms with Crippen molar-refractivity contribution in [1.29, 1.82) is 0 Å². The number of anilines is 1. The Labute approximate surface area is 130 Å². The van der Waals surface area contributed by atoms with Crippen molar-refractivity contribution in [2.24, 2.45) is 0 Å². The van der Waals surface area contributed by atoms with Gasteiger partial charge in [0.2, 0.25) is 0 Å². The number of carbonyl (C=O) groups is 2. The Hall–Kier alpha value is -2.18. The van der Waals surface area contributed by atoms with E-state index in [0.29, 0.717) is 5.82 Å². The lowest BCUT2D eigenvalue weighted by Crippen LogP contribution is -2.28. The van der Waals surface area contributed by atoms with Gasteiger partial charge in [0.1, 0.15) is 11.4 Å². The fraction of sp³-hybridized carbons (Fsp3) is 0.600. The maximum Gasteiger partial charge on any atom is 0.412 e. The minimum Gasteiger partial charge on any atom is -0.464 e. The summed E-state index contributed by atoms with van der Waals surface area (Å²) in [6, 6.07) is 0. The highest BCUT2D eigenvalue weighted by Gasteiger charge is 2.24. The topological polar surface area (TPSA) is 90.4 Å². The van der Waals surface area contributed by atoms with E-state index in [-0.39, 0.29) is 16.8 Å². The van der Waals surface area contributed by atoms with Crippen LogP contribution < -0.4 is 5.32 Å². The minimum atomic E-state index is -0.690. The van der Waals surface area contributed by atoms with Gasteiger partial charge in [0, 0.05) is 5.41 Å². The molecule has 0 atom stereocenters. The van der Waals surface area contributed by atoms with Gasteiger partial charge >= 0.3 is 12.1 Å². The number of methoxy groups -OCH3 is 1. The molecule has 0 spiro atoms. The molecule has 1 aromatic rings. The monoisotopic (exact) mass is 309 g/mol. The molecule has 0 unspecified atom stereocenters. The molecule has 1 rings (SSSR count). The van der Waals surface area contributed by atoms with E-state index in [2.05, 4.69) is 15.3 Å². The first-order chi connectivity index (χ1) is 9.94. The van der Waals surface area contributed by atoms with Gasteiger partial charge in [0.15, 0.2) is 5.69 Å². The number of hydrogen-bond acceptors (Lipinski definition) is 6. The highest BCUT2D eigenvalue weighted by Crippen LogP contribution is 2.22. The first-order valence-electron chi connectivity index (χ1n) is 6.90. The Balaban J connectivity index is 3.14. The van der Waals surface area contributed by atoms with E-state index in [9.17, 15) is 9.59 Å². The first kappa shape index (κ1) is 17.9. The zero-order valence-electron chi connectivity index (χ0n) is 14.1. The first-order valence-corrected chi connectivity index (χ1v) is 6.90. The van der Waals surface area contributed by atoms with Crippen molar-refractivity contribution in [2.75, 3.05) is 12.4 Å². The summed E-state index contributed by atoms with van der Waals surface area (Å²) in [4.78, 5) is 32.1. The van der Waals surface area contributed by atoms with Crippen LogP contribution in [-0.2, 0) is 14.9 Å². The number of nitrogens with one attached hydrogen (secondary N) is 1. The molecule has 0 aliphatic heterocycles. The van der Waals surface area contributed by atoms with Gasteiger partial charge in [0.05, 0.1) is 19.0 Å². The van der Waals surface area contributed by atoms with Gasteiger partial charge in [-0.05, 0) is 20.8 Å². The smallest absolute Gasteiger partial charge is 0.412 e. The lowest BCUT2D eigenvalue weighted by atomic mass is 9.95. The van der Waals surface area contributed by atoms with Gasteiger partial charge < -0.3 is 9.47 Å². The zero-order valence-corrected chi connectivity index (χ0v) is 14.1. The summed E-state index contributed by atoms with van der Waals surface area (Å²) in [5, 5.41) is 2.47. The number of amides is 1. The van der Waals surface area contributed by atoms with Crippen molar-refractivity contribution < 1.29 is 19.1 Å². The van der Waals surface area contributed by atoms with Crippen molar-refractivity contribution in [3.63, 3.8) is 0 Å². The van der Waals surface area contributed by atoms with Crippen LogP contribution in [0.3, 0.4) is 0 Å². The number of aromatic nitrogens is 2. The highest BCUT2D eigenvalue weighted by atomic mass is 16.6. The van der Waals surface area contributed by atoms with Crippen LogP contribution in [0.15, 0.2) is 6.20 Å². The standard InChI is InChI=1S/C15H23N3O4/c1-14(2,3)12-16-8-9(10(18-12)11(19)21-7)17-13(20)22-15(4,5)6/h8H,1-7H3,(H,17,20). The van der Waals surface area contributed by atoms with Crippen LogP contribution in [0, 0.1) is 0 Å². The van der Waals surface area contributed by atoms with Gasteiger partial charge in [-0.3, -0.25) is 5.32 Å². The molecule has 0 saturated carbocycles. The second kappa shape index (κ2) is 6.29. The molecule has 0 saturated heterocycles. The van der Waals surface area contributed by atoms with E-state index in [1.165, 1.54) is 13.3 Å². The fourth-order valence-electron chi connectivity index (χ4n) is 1.50. The van der Waals surface area contributed by atoms with E-state index in [0.717, 1.165) is 0 Å². The molecule has 1 heterocycles. The van der Waals surface area contributed by atoms with Crippen molar-refractivity contribution in [3.05, 3.63) is 17.7 Å². The van der Waals surface area contributed by atoms with Crippen LogP contribution in [0.1, 0.15) is 57.9 Å². The number of rotatable bonds is 2. The molecule has 1 N–H and O–H groups in total. The Kier molecular flexibility index (Phi) is 5.11. The molecule has 0 aliphatic rings. The molecule has 0 radical (unpaired) electrons. The van der Waals surface area contributed by atoms with Crippen molar-refractivity contribution in [1.82, 2.24) is 9.97 Å². The second-order valence-electron chi connectivity index (χ2n) is 6.82. The Morgan fingerprint density at radius 1 is 1.14 bits per heavy atom. The summed E-state index contributed by atoms with van der Waals surface area (Å²) in [5.74, 6) is -0.179. The van der Waals surface area contributed by atoms with E-state index in [4.69, 9.17) is 9.47 Å². The lowest BCUT2D eigenvalue weighted by Gasteiger charge is -2.21. The normalized spacial score (nSPS) is 11.8. The third-order valence-electron chi connectivity index (χ3n) is 2.47. The van der Waals surface area contributed by atoms with Crippen LogP contribution in [0.25, 0.3) is 0 Å². The Morgan fingerprint density at radius 3 is 2.18 bits per heavy atom. The van der Waals surface area contributed by atoms with Gasteiger partial charge in [-0.25, -0.2) is 19.6 Å². The molecule has 0 bridgehead atoms. The third kappa shape index (κ3) is 4.98. The molecule has 1 amide bonds. The van der Waals surface area contributed by atoms with Crippen LogP contribution in [0.5, 0.6) is 0 Å². The summed E-state index contributed by atoms with van der Waals surface area (Å²) < 4.78 is 9.86. The number of esters is 1. The van der Waals surface area contributed by atoms with E-state index in [1.54, 1.807) is 20.8 Å². The minimum absolute atomic E-state index is 0.00622. The Morgan fingerprint density at radius 2 is 1.73 bits per heavy atom. The summed E-state index contributed by atoms with van der Waals surface area (Å²) in [6.45, 7) is 11.0. The molecular formula is C15H23N3O4. The zero-order chi connectivity index (χ0) is 17.1. The molecule has 0 fully saturated rings. The SMILES string of the molecule is COC(=O)c1nc(C(C)(C)C)ncc1NC(=O)OC(C)(C)C. The van der Waals surface area contributed by atoms with Crippen LogP contribution in [-0.4, -0.2) is 34.7 Å². The van der Waals surface area contributed by atoms with Crippen molar-refractivity contribution in [3.8, 4) is 0 Å². The average Bonchev–Trinajstić information content (AvgIpc) is 2.34.